The number of aromatic carboxylic acids is 1. The lowest BCUT2D eigenvalue weighted by atomic mass is 9.97. The molecule has 2 N–H and O–H groups in total. The topological polar surface area (TPSA) is 66.8 Å². The smallest absolute Gasteiger partial charge is 0.339 e. The number of hydrogen-bond donors (Lipinski definition) is 2. The Labute approximate surface area is 116 Å². The number of carboxylic acid groups (broad SMARTS) is 1. The summed E-state index contributed by atoms with van der Waals surface area (Å²) >= 11 is 0. The fourth-order valence-electron chi connectivity index (χ4n) is 2.43. The molecule has 0 unspecified atom stereocenters. The quantitative estimate of drug-likeness (QED) is 0.880. The second kappa shape index (κ2) is 4.89. The molecule has 1 aliphatic rings. The largest absolute Gasteiger partial charge is 0.507 e. The van der Waals surface area contributed by atoms with Crippen molar-refractivity contribution in [2.24, 2.45) is 0 Å². The van der Waals surface area contributed by atoms with E-state index in [0.29, 0.717) is 0 Å². The predicted molar refractivity (Wildman–Crippen MR) is 74.3 cm³/mol. The summed E-state index contributed by atoms with van der Waals surface area (Å²) in [7, 11) is 0. The first-order chi connectivity index (χ1) is 9.65. The van der Waals surface area contributed by atoms with Crippen molar-refractivity contribution >= 4 is 5.97 Å². The van der Waals surface area contributed by atoms with Gasteiger partial charge in [-0.05, 0) is 53.8 Å². The van der Waals surface area contributed by atoms with Crippen molar-refractivity contribution in [2.45, 2.75) is 12.8 Å². The molecule has 0 saturated heterocycles. The van der Waals surface area contributed by atoms with Gasteiger partial charge in [0.2, 0.25) is 0 Å². The standard InChI is InChI=1S/C16H14O4/c17-14-5-3-11(9-13(14)16(18)19)10-4-6-15-12(8-10)2-1-7-20-15/h3-6,8-9,17H,1-2,7H2,(H,18,19). The molecule has 0 aliphatic carbocycles. The van der Waals surface area contributed by atoms with Crippen LogP contribution in [0.1, 0.15) is 22.3 Å². The maximum absolute atomic E-state index is 11.1. The lowest BCUT2D eigenvalue weighted by Crippen LogP contribution is -2.08. The maximum Gasteiger partial charge on any atom is 0.339 e. The van der Waals surface area contributed by atoms with Crippen molar-refractivity contribution in [3.05, 3.63) is 47.5 Å². The van der Waals surface area contributed by atoms with Gasteiger partial charge in [0.15, 0.2) is 0 Å². The first kappa shape index (κ1) is 12.5. The Morgan fingerprint density at radius 1 is 1.10 bits per heavy atom. The average molecular weight is 270 g/mol. The molecule has 2 aromatic carbocycles. The van der Waals surface area contributed by atoms with Gasteiger partial charge in [0.05, 0.1) is 6.61 Å². The van der Waals surface area contributed by atoms with Crippen LogP contribution >= 0.6 is 0 Å². The molecule has 0 atom stereocenters. The zero-order valence-electron chi connectivity index (χ0n) is 10.8. The van der Waals surface area contributed by atoms with E-state index in [0.717, 1.165) is 41.9 Å². The second-order valence-corrected chi connectivity index (χ2v) is 4.81. The summed E-state index contributed by atoms with van der Waals surface area (Å²) in [4.78, 5) is 11.1. The highest BCUT2D eigenvalue weighted by atomic mass is 16.5. The monoisotopic (exact) mass is 270 g/mol. The molecule has 0 amide bonds. The number of fused-ring (bicyclic) bond motifs is 1. The number of benzene rings is 2. The zero-order chi connectivity index (χ0) is 14.1. The fourth-order valence-corrected chi connectivity index (χ4v) is 2.43. The van der Waals surface area contributed by atoms with Crippen LogP contribution in [-0.4, -0.2) is 22.8 Å². The Morgan fingerprint density at radius 3 is 2.65 bits per heavy atom. The highest BCUT2D eigenvalue weighted by molar-refractivity contribution is 5.92. The van der Waals surface area contributed by atoms with Crippen LogP contribution in [0, 0.1) is 0 Å². The molecule has 1 heterocycles. The minimum Gasteiger partial charge on any atom is -0.507 e. The second-order valence-electron chi connectivity index (χ2n) is 4.81. The number of phenols is 1. The van der Waals surface area contributed by atoms with Crippen LogP contribution < -0.4 is 4.74 Å². The van der Waals surface area contributed by atoms with Crippen molar-refractivity contribution in [2.75, 3.05) is 6.61 Å². The van der Waals surface area contributed by atoms with Gasteiger partial charge in [-0.2, -0.15) is 0 Å². The minimum atomic E-state index is -1.13. The van der Waals surface area contributed by atoms with E-state index in [9.17, 15) is 9.90 Å². The molecule has 0 radical (unpaired) electrons. The Hall–Kier alpha value is -2.49. The third kappa shape index (κ3) is 2.20. The van der Waals surface area contributed by atoms with Gasteiger partial charge in [0, 0.05) is 0 Å². The Balaban J connectivity index is 2.05. The SMILES string of the molecule is O=C(O)c1cc(-c2ccc3c(c2)CCCO3)ccc1O. The van der Waals surface area contributed by atoms with E-state index in [1.54, 1.807) is 6.07 Å². The van der Waals surface area contributed by atoms with Crippen molar-refractivity contribution < 1.29 is 19.7 Å². The van der Waals surface area contributed by atoms with Crippen LogP contribution in [0.25, 0.3) is 11.1 Å². The van der Waals surface area contributed by atoms with E-state index in [4.69, 9.17) is 9.84 Å². The van der Waals surface area contributed by atoms with Crippen LogP contribution in [0.15, 0.2) is 36.4 Å². The molecule has 4 nitrogen and oxygen atoms in total. The first-order valence-electron chi connectivity index (χ1n) is 6.47. The molecule has 2 aromatic rings. The number of aromatic hydroxyl groups is 1. The summed E-state index contributed by atoms with van der Waals surface area (Å²) in [6.07, 6.45) is 1.96. The normalized spacial score (nSPS) is 13.4. The van der Waals surface area contributed by atoms with Gasteiger partial charge in [-0.1, -0.05) is 12.1 Å². The third-order valence-corrected chi connectivity index (χ3v) is 3.47. The molecule has 0 bridgehead atoms. The molecule has 0 saturated carbocycles. The van der Waals surface area contributed by atoms with Gasteiger partial charge in [0.25, 0.3) is 0 Å². The molecular weight excluding hydrogens is 256 g/mol. The third-order valence-electron chi connectivity index (χ3n) is 3.47. The van der Waals surface area contributed by atoms with E-state index in [1.807, 2.05) is 18.2 Å². The zero-order valence-corrected chi connectivity index (χ0v) is 10.8. The van der Waals surface area contributed by atoms with Gasteiger partial charge < -0.3 is 14.9 Å². The van der Waals surface area contributed by atoms with Gasteiger partial charge in [-0.3, -0.25) is 0 Å². The molecule has 0 aromatic heterocycles. The fraction of sp³-hybridized carbons (Fsp3) is 0.188. The van der Waals surface area contributed by atoms with Crippen LogP contribution in [0.2, 0.25) is 0 Å². The molecule has 3 rings (SSSR count). The van der Waals surface area contributed by atoms with E-state index in [2.05, 4.69) is 0 Å². The van der Waals surface area contributed by atoms with Crippen molar-refractivity contribution in [3.63, 3.8) is 0 Å². The highest BCUT2D eigenvalue weighted by Crippen LogP contribution is 2.32. The van der Waals surface area contributed by atoms with E-state index < -0.39 is 5.97 Å². The van der Waals surface area contributed by atoms with Crippen molar-refractivity contribution in [1.29, 1.82) is 0 Å². The van der Waals surface area contributed by atoms with E-state index in [-0.39, 0.29) is 11.3 Å². The van der Waals surface area contributed by atoms with Crippen molar-refractivity contribution in [3.8, 4) is 22.6 Å². The minimum absolute atomic E-state index is 0.0866. The lowest BCUT2D eigenvalue weighted by molar-refractivity contribution is 0.0694. The van der Waals surface area contributed by atoms with Crippen LogP contribution in [0.5, 0.6) is 11.5 Å². The number of hydrogen-bond acceptors (Lipinski definition) is 3. The van der Waals surface area contributed by atoms with Gasteiger partial charge in [-0.25, -0.2) is 4.79 Å². The summed E-state index contributed by atoms with van der Waals surface area (Å²) < 4.78 is 5.56. The van der Waals surface area contributed by atoms with Gasteiger partial charge >= 0.3 is 5.97 Å². The summed E-state index contributed by atoms with van der Waals surface area (Å²) in [5, 5.41) is 18.6. The summed E-state index contributed by atoms with van der Waals surface area (Å²) in [5.74, 6) is -0.453. The lowest BCUT2D eigenvalue weighted by Gasteiger charge is -2.18. The summed E-state index contributed by atoms with van der Waals surface area (Å²) in [5.41, 5.74) is 2.75. The van der Waals surface area contributed by atoms with E-state index >= 15 is 0 Å². The van der Waals surface area contributed by atoms with Crippen LogP contribution in [0.4, 0.5) is 0 Å². The Bertz CT molecular complexity index is 676. The molecule has 1 aliphatic heterocycles. The maximum atomic E-state index is 11.1. The molecule has 20 heavy (non-hydrogen) atoms. The highest BCUT2D eigenvalue weighted by Gasteiger charge is 2.14. The van der Waals surface area contributed by atoms with Gasteiger partial charge in [0.1, 0.15) is 17.1 Å². The first-order valence-corrected chi connectivity index (χ1v) is 6.47. The number of rotatable bonds is 2. The Morgan fingerprint density at radius 2 is 1.85 bits per heavy atom. The molecular formula is C16H14O4. The number of carbonyl (C=O) groups is 1. The summed E-state index contributed by atoms with van der Waals surface area (Å²) in [6.45, 7) is 0.745. The summed E-state index contributed by atoms with van der Waals surface area (Å²) in [6, 6.07) is 10.5. The molecule has 0 spiro atoms. The van der Waals surface area contributed by atoms with E-state index in [1.165, 1.54) is 12.1 Å². The molecule has 0 fully saturated rings. The molecule has 4 heteroatoms. The van der Waals surface area contributed by atoms with Crippen LogP contribution in [0.3, 0.4) is 0 Å². The number of aryl methyl sites for hydroxylation is 1. The predicted octanol–water partition coefficient (Wildman–Crippen LogP) is 3.08. The average Bonchev–Trinajstić information content (AvgIpc) is 2.47. The van der Waals surface area contributed by atoms with Crippen LogP contribution in [-0.2, 0) is 6.42 Å². The number of ether oxygens (including phenoxy) is 1. The van der Waals surface area contributed by atoms with Crippen molar-refractivity contribution in [1.82, 2.24) is 0 Å². The number of carboxylic acids is 1. The van der Waals surface area contributed by atoms with Gasteiger partial charge in [-0.15, -0.1) is 0 Å². The Kier molecular flexibility index (Phi) is 3.06. The molecule has 102 valence electrons.